The number of hydrogen-bond acceptors (Lipinski definition) is 3. The van der Waals surface area contributed by atoms with Crippen molar-refractivity contribution < 1.29 is 8.42 Å². The number of benzene rings is 1. The van der Waals surface area contributed by atoms with Gasteiger partial charge in [0.15, 0.2) is 9.84 Å². The van der Waals surface area contributed by atoms with Gasteiger partial charge in [-0.15, -0.1) is 0 Å². The highest BCUT2D eigenvalue weighted by Gasteiger charge is 2.20. The number of rotatable bonds is 4. The Hall–Kier alpha value is -1.33. The molecule has 17 heavy (non-hydrogen) atoms. The molecule has 92 valence electrons. The van der Waals surface area contributed by atoms with Crippen molar-refractivity contribution in [2.24, 2.45) is 5.73 Å². The molecule has 0 spiro atoms. The minimum absolute atomic E-state index is 0.151. The van der Waals surface area contributed by atoms with Gasteiger partial charge in [-0.05, 0) is 18.1 Å². The molecule has 0 fully saturated rings. The van der Waals surface area contributed by atoms with Crippen molar-refractivity contribution in [1.29, 1.82) is 0 Å². The summed E-state index contributed by atoms with van der Waals surface area (Å²) in [7, 11) is -3.10. The molecule has 1 unspecified atom stereocenters. The summed E-state index contributed by atoms with van der Waals surface area (Å²) >= 11 is 0. The summed E-state index contributed by atoms with van der Waals surface area (Å²) in [5.74, 6) is 0. The number of nitrogens with two attached hydrogens (primary N) is 1. The third kappa shape index (κ3) is 2.50. The summed E-state index contributed by atoms with van der Waals surface area (Å²) < 4.78 is 23.1. The number of para-hydroxylation sites is 1. The summed E-state index contributed by atoms with van der Waals surface area (Å²) in [4.78, 5) is 3.13. The van der Waals surface area contributed by atoms with Gasteiger partial charge in [-0.1, -0.05) is 18.2 Å². The largest absolute Gasteiger partial charge is 0.361 e. The van der Waals surface area contributed by atoms with Crippen LogP contribution in [0.15, 0.2) is 30.5 Å². The number of sulfone groups is 1. The maximum atomic E-state index is 11.5. The molecule has 4 nitrogen and oxygen atoms in total. The van der Waals surface area contributed by atoms with Gasteiger partial charge < -0.3 is 10.7 Å². The Morgan fingerprint density at radius 2 is 2.06 bits per heavy atom. The van der Waals surface area contributed by atoms with E-state index in [0.29, 0.717) is 6.42 Å². The highest BCUT2D eigenvalue weighted by molar-refractivity contribution is 7.91. The van der Waals surface area contributed by atoms with Gasteiger partial charge in [0.1, 0.15) is 0 Å². The van der Waals surface area contributed by atoms with Gasteiger partial charge in [0.05, 0.1) is 5.25 Å². The van der Waals surface area contributed by atoms with Crippen LogP contribution in [0.3, 0.4) is 0 Å². The van der Waals surface area contributed by atoms with Gasteiger partial charge in [0.2, 0.25) is 0 Å². The molecule has 0 aliphatic carbocycles. The van der Waals surface area contributed by atoms with Gasteiger partial charge in [0.25, 0.3) is 0 Å². The molecule has 2 aromatic rings. The number of fused-ring (bicyclic) bond motifs is 1. The van der Waals surface area contributed by atoms with Crippen molar-refractivity contribution >= 4 is 20.7 Å². The van der Waals surface area contributed by atoms with E-state index in [2.05, 4.69) is 4.98 Å². The molecule has 0 amide bonds. The van der Waals surface area contributed by atoms with Crippen molar-refractivity contribution in [3.63, 3.8) is 0 Å². The smallest absolute Gasteiger partial charge is 0.151 e. The van der Waals surface area contributed by atoms with Crippen molar-refractivity contribution in [2.75, 3.05) is 12.8 Å². The summed E-state index contributed by atoms with van der Waals surface area (Å²) in [6.07, 6.45) is 3.55. The van der Waals surface area contributed by atoms with Crippen LogP contribution in [0.4, 0.5) is 0 Å². The number of aromatic amines is 1. The molecule has 0 radical (unpaired) electrons. The second kappa shape index (κ2) is 4.50. The second-order valence-corrected chi connectivity index (χ2v) is 6.58. The molecule has 0 aliphatic rings. The highest BCUT2D eigenvalue weighted by Crippen LogP contribution is 2.20. The van der Waals surface area contributed by atoms with E-state index in [0.717, 1.165) is 16.5 Å². The minimum atomic E-state index is -3.10. The molecule has 0 bridgehead atoms. The number of aromatic nitrogens is 1. The molecule has 0 saturated heterocycles. The number of hydrogen-bond donors (Lipinski definition) is 2. The summed E-state index contributed by atoms with van der Waals surface area (Å²) in [5, 5.41) is 0.552. The fourth-order valence-electron chi connectivity index (χ4n) is 1.96. The number of H-pyrrole nitrogens is 1. The monoisotopic (exact) mass is 252 g/mol. The molecule has 1 aromatic heterocycles. The lowest BCUT2D eigenvalue weighted by Gasteiger charge is -2.11. The Morgan fingerprint density at radius 1 is 1.35 bits per heavy atom. The van der Waals surface area contributed by atoms with Gasteiger partial charge in [-0.2, -0.15) is 0 Å². The van der Waals surface area contributed by atoms with Crippen molar-refractivity contribution in [3.05, 3.63) is 36.0 Å². The molecular formula is C12H16N2O2S. The van der Waals surface area contributed by atoms with Crippen molar-refractivity contribution in [2.45, 2.75) is 11.7 Å². The predicted octanol–water partition coefficient (Wildman–Crippen LogP) is 1.08. The van der Waals surface area contributed by atoms with Crippen LogP contribution in [-0.2, 0) is 16.3 Å². The van der Waals surface area contributed by atoms with Crippen LogP contribution in [0.2, 0.25) is 0 Å². The van der Waals surface area contributed by atoms with E-state index >= 15 is 0 Å². The first-order valence-electron chi connectivity index (χ1n) is 5.46. The first-order chi connectivity index (χ1) is 8.02. The van der Waals surface area contributed by atoms with E-state index in [-0.39, 0.29) is 6.54 Å². The minimum Gasteiger partial charge on any atom is -0.361 e. The average molecular weight is 252 g/mol. The van der Waals surface area contributed by atoms with Gasteiger partial charge in [0, 0.05) is 29.9 Å². The average Bonchev–Trinajstić information content (AvgIpc) is 2.67. The topological polar surface area (TPSA) is 75.9 Å². The van der Waals surface area contributed by atoms with Gasteiger partial charge in [-0.3, -0.25) is 0 Å². The summed E-state index contributed by atoms with van der Waals surface area (Å²) in [6, 6.07) is 7.84. The highest BCUT2D eigenvalue weighted by atomic mass is 32.2. The third-order valence-corrected chi connectivity index (χ3v) is 4.56. The van der Waals surface area contributed by atoms with E-state index in [1.165, 1.54) is 6.26 Å². The maximum absolute atomic E-state index is 11.5. The Balaban J connectivity index is 2.35. The quantitative estimate of drug-likeness (QED) is 0.855. The van der Waals surface area contributed by atoms with Crippen molar-refractivity contribution in [3.8, 4) is 0 Å². The number of nitrogens with one attached hydrogen (secondary N) is 1. The molecule has 5 heteroatoms. The molecular weight excluding hydrogens is 236 g/mol. The third-order valence-electron chi connectivity index (χ3n) is 2.99. The van der Waals surface area contributed by atoms with E-state index in [4.69, 9.17) is 5.73 Å². The van der Waals surface area contributed by atoms with Crippen molar-refractivity contribution in [1.82, 2.24) is 4.98 Å². The summed E-state index contributed by atoms with van der Waals surface area (Å²) in [5.41, 5.74) is 7.55. The van der Waals surface area contributed by atoms with Gasteiger partial charge >= 0.3 is 0 Å². The molecule has 1 aromatic carbocycles. The van der Waals surface area contributed by atoms with Crippen LogP contribution in [0.5, 0.6) is 0 Å². The Kier molecular flexibility index (Phi) is 3.22. The van der Waals surface area contributed by atoms with Crippen LogP contribution in [-0.4, -0.2) is 31.5 Å². The Bertz CT molecular complexity index is 616. The fraction of sp³-hybridized carbons (Fsp3) is 0.333. The molecule has 3 N–H and O–H groups in total. The molecule has 1 heterocycles. The van der Waals surface area contributed by atoms with Gasteiger partial charge in [-0.25, -0.2) is 8.42 Å². The summed E-state index contributed by atoms with van der Waals surface area (Å²) in [6.45, 7) is 0.151. The predicted molar refractivity (Wildman–Crippen MR) is 69.7 cm³/mol. The van der Waals surface area contributed by atoms with E-state index in [9.17, 15) is 8.42 Å². The van der Waals surface area contributed by atoms with Crippen LogP contribution in [0.25, 0.3) is 10.9 Å². The fourth-order valence-corrected chi connectivity index (χ4v) is 2.79. The van der Waals surface area contributed by atoms with E-state index in [1.807, 2.05) is 30.5 Å². The lowest BCUT2D eigenvalue weighted by molar-refractivity contribution is 0.584. The second-order valence-electron chi connectivity index (χ2n) is 4.25. The standard InChI is InChI=1S/C12H16N2O2S/c1-17(15,16)10(7-13)6-9-8-14-12-5-3-2-4-11(9)12/h2-5,8,10,14H,6-7,13H2,1H3. The normalized spacial score (nSPS) is 14.0. The van der Waals surface area contributed by atoms with Crippen LogP contribution < -0.4 is 5.73 Å². The van der Waals surface area contributed by atoms with E-state index < -0.39 is 15.1 Å². The molecule has 1 atom stereocenters. The zero-order valence-corrected chi connectivity index (χ0v) is 10.5. The lowest BCUT2D eigenvalue weighted by Crippen LogP contribution is -2.30. The molecule has 0 saturated carbocycles. The molecule has 0 aliphatic heterocycles. The maximum Gasteiger partial charge on any atom is 0.151 e. The lowest BCUT2D eigenvalue weighted by atomic mass is 10.1. The Morgan fingerprint density at radius 3 is 2.71 bits per heavy atom. The zero-order valence-electron chi connectivity index (χ0n) is 9.68. The van der Waals surface area contributed by atoms with Crippen LogP contribution in [0.1, 0.15) is 5.56 Å². The molecule has 2 rings (SSSR count). The first-order valence-corrected chi connectivity index (χ1v) is 7.41. The Labute approximate surface area is 101 Å². The van der Waals surface area contributed by atoms with Crippen LogP contribution in [0, 0.1) is 0 Å². The SMILES string of the molecule is CS(=O)(=O)C(CN)Cc1c[nH]c2ccccc12. The van der Waals surface area contributed by atoms with E-state index in [1.54, 1.807) is 0 Å². The zero-order chi connectivity index (χ0) is 12.5. The first kappa shape index (κ1) is 12.1. The van der Waals surface area contributed by atoms with Crippen LogP contribution >= 0.6 is 0 Å².